The summed E-state index contributed by atoms with van der Waals surface area (Å²) in [6.45, 7) is 3.97. The standard InChI is InChI=1S/C17H20N2O4/c1-11(2)16(20)18-12-4-6-13(7-5-12)19-17(21)15-9-8-14(23-15)10-22-3/h4-9,11H,10H2,1-3H3,(H,18,20)(H,19,21). The molecule has 0 aliphatic rings. The highest BCUT2D eigenvalue weighted by molar-refractivity contribution is 6.02. The fourth-order valence-electron chi connectivity index (χ4n) is 1.84. The largest absolute Gasteiger partial charge is 0.453 e. The first-order valence-corrected chi connectivity index (χ1v) is 7.29. The molecule has 0 unspecified atom stereocenters. The highest BCUT2D eigenvalue weighted by Crippen LogP contribution is 2.16. The van der Waals surface area contributed by atoms with E-state index in [0.717, 1.165) is 0 Å². The number of anilines is 2. The molecule has 2 aromatic rings. The average Bonchev–Trinajstić information content (AvgIpc) is 2.98. The van der Waals surface area contributed by atoms with E-state index in [1.54, 1.807) is 43.5 Å². The predicted molar refractivity (Wildman–Crippen MR) is 87.3 cm³/mol. The molecule has 0 aliphatic carbocycles. The smallest absolute Gasteiger partial charge is 0.291 e. The number of rotatable bonds is 6. The molecule has 1 aromatic carbocycles. The van der Waals surface area contributed by atoms with Crippen molar-refractivity contribution >= 4 is 23.2 Å². The highest BCUT2D eigenvalue weighted by Gasteiger charge is 2.12. The van der Waals surface area contributed by atoms with Gasteiger partial charge in [0.05, 0.1) is 0 Å². The van der Waals surface area contributed by atoms with E-state index in [9.17, 15) is 9.59 Å². The van der Waals surface area contributed by atoms with E-state index in [1.807, 2.05) is 13.8 Å². The van der Waals surface area contributed by atoms with Gasteiger partial charge in [-0.05, 0) is 36.4 Å². The van der Waals surface area contributed by atoms with Gasteiger partial charge in [0.25, 0.3) is 5.91 Å². The molecule has 2 rings (SSSR count). The Hall–Kier alpha value is -2.60. The number of hydrogen-bond donors (Lipinski definition) is 2. The zero-order valence-electron chi connectivity index (χ0n) is 13.4. The minimum absolute atomic E-state index is 0.0527. The van der Waals surface area contributed by atoms with Crippen LogP contribution in [0.2, 0.25) is 0 Å². The van der Waals surface area contributed by atoms with Crippen LogP contribution in [0.5, 0.6) is 0 Å². The number of carbonyl (C=O) groups excluding carboxylic acids is 2. The molecule has 0 spiro atoms. The zero-order chi connectivity index (χ0) is 16.8. The second kappa shape index (κ2) is 7.60. The second-order valence-electron chi connectivity index (χ2n) is 5.37. The lowest BCUT2D eigenvalue weighted by Crippen LogP contribution is -2.17. The van der Waals surface area contributed by atoms with Crippen LogP contribution in [0.3, 0.4) is 0 Å². The molecule has 0 atom stereocenters. The maximum absolute atomic E-state index is 12.1. The molecular weight excluding hydrogens is 296 g/mol. The van der Waals surface area contributed by atoms with E-state index in [1.165, 1.54) is 0 Å². The molecule has 23 heavy (non-hydrogen) atoms. The summed E-state index contributed by atoms with van der Waals surface area (Å²) < 4.78 is 10.3. The van der Waals surface area contributed by atoms with Crippen molar-refractivity contribution in [2.24, 2.45) is 5.92 Å². The Kier molecular flexibility index (Phi) is 5.54. The minimum Gasteiger partial charge on any atom is -0.453 e. The molecule has 6 heteroatoms. The van der Waals surface area contributed by atoms with E-state index in [0.29, 0.717) is 23.7 Å². The molecule has 1 aromatic heterocycles. The first-order valence-electron chi connectivity index (χ1n) is 7.29. The predicted octanol–water partition coefficient (Wildman–Crippen LogP) is 3.27. The van der Waals surface area contributed by atoms with Crippen LogP contribution in [0.1, 0.15) is 30.2 Å². The van der Waals surface area contributed by atoms with E-state index in [2.05, 4.69) is 10.6 Å². The van der Waals surface area contributed by atoms with Crippen LogP contribution in [0.25, 0.3) is 0 Å². The highest BCUT2D eigenvalue weighted by atomic mass is 16.5. The van der Waals surface area contributed by atoms with Crippen molar-refractivity contribution in [2.75, 3.05) is 17.7 Å². The van der Waals surface area contributed by atoms with E-state index >= 15 is 0 Å². The van der Waals surface area contributed by atoms with Gasteiger partial charge in [-0.15, -0.1) is 0 Å². The lowest BCUT2D eigenvalue weighted by Gasteiger charge is -2.09. The van der Waals surface area contributed by atoms with Crippen LogP contribution in [0, 0.1) is 5.92 Å². The molecule has 0 saturated carbocycles. The lowest BCUT2D eigenvalue weighted by molar-refractivity contribution is -0.118. The van der Waals surface area contributed by atoms with Gasteiger partial charge in [0.2, 0.25) is 5.91 Å². The summed E-state index contributed by atoms with van der Waals surface area (Å²) in [4.78, 5) is 23.7. The minimum atomic E-state index is -0.341. The summed E-state index contributed by atoms with van der Waals surface area (Å²) in [6.07, 6.45) is 0. The van der Waals surface area contributed by atoms with Crippen molar-refractivity contribution < 1.29 is 18.7 Å². The third-order valence-corrected chi connectivity index (χ3v) is 3.11. The fraction of sp³-hybridized carbons (Fsp3) is 0.294. The maximum Gasteiger partial charge on any atom is 0.291 e. The van der Waals surface area contributed by atoms with Gasteiger partial charge in [-0.1, -0.05) is 13.8 Å². The normalized spacial score (nSPS) is 10.6. The monoisotopic (exact) mass is 316 g/mol. The molecule has 122 valence electrons. The van der Waals surface area contributed by atoms with Gasteiger partial charge in [0.1, 0.15) is 12.4 Å². The molecule has 6 nitrogen and oxygen atoms in total. The van der Waals surface area contributed by atoms with Crippen LogP contribution in [0.4, 0.5) is 11.4 Å². The Morgan fingerprint density at radius 1 is 1.04 bits per heavy atom. The van der Waals surface area contributed by atoms with Gasteiger partial charge in [-0.25, -0.2) is 0 Å². The molecule has 0 radical (unpaired) electrons. The van der Waals surface area contributed by atoms with E-state index in [4.69, 9.17) is 9.15 Å². The number of amides is 2. The first-order chi connectivity index (χ1) is 11.0. The van der Waals surface area contributed by atoms with Crippen LogP contribution in [0.15, 0.2) is 40.8 Å². The Morgan fingerprint density at radius 3 is 2.22 bits per heavy atom. The Morgan fingerprint density at radius 2 is 1.65 bits per heavy atom. The van der Waals surface area contributed by atoms with Crippen LogP contribution in [-0.2, 0) is 16.1 Å². The number of carbonyl (C=O) groups is 2. The summed E-state index contributed by atoms with van der Waals surface area (Å²) in [5, 5.41) is 5.52. The topological polar surface area (TPSA) is 80.6 Å². The van der Waals surface area contributed by atoms with Crippen LogP contribution >= 0.6 is 0 Å². The Bertz CT molecular complexity index is 674. The van der Waals surface area contributed by atoms with E-state index in [-0.39, 0.29) is 23.5 Å². The fourth-order valence-corrected chi connectivity index (χ4v) is 1.84. The zero-order valence-corrected chi connectivity index (χ0v) is 13.4. The van der Waals surface area contributed by atoms with Crippen molar-refractivity contribution in [3.63, 3.8) is 0 Å². The number of nitrogens with one attached hydrogen (secondary N) is 2. The molecule has 2 N–H and O–H groups in total. The SMILES string of the molecule is COCc1ccc(C(=O)Nc2ccc(NC(=O)C(C)C)cc2)o1. The average molecular weight is 316 g/mol. The molecule has 0 saturated heterocycles. The summed E-state index contributed by atoms with van der Waals surface area (Å²) in [5.74, 6) is 0.322. The number of hydrogen-bond acceptors (Lipinski definition) is 4. The Balaban J connectivity index is 1.97. The first kappa shape index (κ1) is 16.8. The quantitative estimate of drug-likeness (QED) is 0.857. The number of benzene rings is 1. The molecule has 0 aliphatic heterocycles. The van der Waals surface area contributed by atoms with Gasteiger partial charge in [0, 0.05) is 24.4 Å². The summed E-state index contributed by atoms with van der Waals surface area (Å²) in [7, 11) is 1.56. The third-order valence-electron chi connectivity index (χ3n) is 3.11. The lowest BCUT2D eigenvalue weighted by atomic mass is 10.2. The van der Waals surface area contributed by atoms with Crippen LogP contribution < -0.4 is 10.6 Å². The van der Waals surface area contributed by atoms with Crippen molar-refractivity contribution in [1.82, 2.24) is 0 Å². The number of methoxy groups -OCH3 is 1. The number of ether oxygens (including phenoxy) is 1. The summed E-state index contributed by atoms with van der Waals surface area (Å²) in [5.41, 5.74) is 1.30. The summed E-state index contributed by atoms with van der Waals surface area (Å²) in [6, 6.07) is 10.2. The number of furan rings is 1. The van der Waals surface area contributed by atoms with Gasteiger partial charge >= 0.3 is 0 Å². The van der Waals surface area contributed by atoms with Gasteiger partial charge in [0.15, 0.2) is 5.76 Å². The molecule has 0 bridgehead atoms. The molecular formula is C17H20N2O4. The van der Waals surface area contributed by atoms with Crippen molar-refractivity contribution in [3.8, 4) is 0 Å². The molecule has 2 amide bonds. The molecule has 1 heterocycles. The van der Waals surface area contributed by atoms with Gasteiger partial charge in [-0.3, -0.25) is 9.59 Å². The molecule has 0 fully saturated rings. The van der Waals surface area contributed by atoms with Gasteiger partial charge < -0.3 is 19.8 Å². The van der Waals surface area contributed by atoms with E-state index < -0.39 is 0 Å². The van der Waals surface area contributed by atoms with Crippen molar-refractivity contribution in [3.05, 3.63) is 47.9 Å². The maximum atomic E-state index is 12.1. The third kappa shape index (κ3) is 4.69. The van der Waals surface area contributed by atoms with Crippen LogP contribution in [-0.4, -0.2) is 18.9 Å². The van der Waals surface area contributed by atoms with Crippen molar-refractivity contribution in [2.45, 2.75) is 20.5 Å². The summed E-state index contributed by atoms with van der Waals surface area (Å²) >= 11 is 0. The van der Waals surface area contributed by atoms with Gasteiger partial charge in [-0.2, -0.15) is 0 Å². The second-order valence-corrected chi connectivity index (χ2v) is 5.37. The van der Waals surface area contributed by atoms with Crippen molar-refractivity contribution in [1.29, 1.82) is 0 Å². The Labute approximate surface area is 134 Å².